The number of hydrogen-bond acceptors (Lipinski definition) is 3. The van der Waals surface area contributed by atoms with Crippen LogP contribution in [0.4, 0.5) is 0 Å². The molecule has 0 aromatic carbocycles. The molecular formula is H4BO4PTeW. The predicted octanol–water partition coefficient (Wildman–Crippen LogP) is -1.52. The quantitative estimate of drug-likeness (QED) is 0.435. The van der Waals surface area contributed by atoms with E-state index >= 15 is 0 Å². The Bertz CT molecular complexity index is 88.0. The smallest absolute Gasteiger partial charge is 0 e. The van der Waals surface area contributed by atoms with E-state index in [-0.39, 0.29) is 21.1 Å². The molecule has 0 spiro atoms. The molecule has 0 bridgehead atoms. The van der Waals surface area contributed by atoms with E-state index in [2.05, 4.69) is 7.33 Å². The average molecular weight is 421 g/mol. The van der Waals surface area contributed by atoms with Gasteiger partial charge < -0.3 is 0 Å². The van der Waals surface area contributed by atoms with E-state index in [4.69, 9.17) is 4.89 Å². The molecule has 1 unspecified atom stereocenters. The van der Waals surface area contributed by atoms with Crippen molar-refractivity contribution in [2.45, 2.75) is 0 Å². The van der Waals surface area contributed by atoms with E-state index in [9.17, 15) is 4.57 Å². The molecule has 48 valence electrons. The molecule has 0 fully saturated rings. The maximum absolute atomic E-state index is 10.1. The first-order valence-electron chi connectivity index (χ1n) is 1.34. The average Bonchev–Trinajstić information content (AvgIpc) is 1.68. The topological polar surface area (TPSA) is 55.8 Å². The van der Waals surface area contributed by atoms with Gasteiger partial charge >= 0.3 is 55.4 Å². The Morgan fingerprint density at radius 3 is 2.12 bits per heavy atom. The van der Waals surface area contributed by atoms with Gasteiger partial charge in [-0.05, 0) is 0 Å². The Balaban J connectivity index is 0. The van der Waals surface area contributed by atoms with Crippen LogP contribution in [0.1, 0.15) is 0 Å². The molecule has 0 saturated carbocycles. The standard InChI is InChI=1S/BH4O4PTe.W/c1-4-6(2,3)5-7;/h7H,1H2,(H,2,3);. The van der Waals surface area contributed by atoms with Gasteiger partial charge in [0.25, 0.3) is 0 Å². The Kier molecular flexibility index (Phi) is 8.39. The van der Waals surface area contributed by atoms with Gasteiger partial charge in [-0.25, -0.2) is 0 Å². The van der Waals surface area contributed by atoms with Gasteiger partial charge in [0.05, 0.1) is 0 Å². The van der Waals surface area contributed by atoms with Crippen LogP contribution < -0.4 is 0 Å². The van der Waals surface area contributed by atoms with E-state index in [1.807, 2.05) is 0 Å². The molecule has 0 aliphatic carbocycles. The molecule has 0 aliphatic heterocycles. The van der Waals surface area contributed by atoms with Crippen LogP contribution in [-0.4, -0.2) is 35.6 Å². The number of hydrogen-bond donors (Lipinski definition) is 1. The van der Waals surface area contributed by atoms with Crippen molar-refractivity contribution in [3.63, 3.8) is 0 Å². The van der Waals surface area contributed by atoms with Crippen molar-refractivity contribution in [2.24, 2.45) is 0 Å². The third kappa shape index (κ3) is 5.78. The summed E-state index contributed by atoms with van der Waals surface area (Å²) in [5, 5.41) is 0. The van der Waals surface area contributed by atoms with Crippen molar-refractivity contribution in [1.29, 1.82) is 0 Å². The molecule has 0 radical (unpaired) electrons. The summed E-state index contributed by atoms with van der Waals surface area (Å²) in [5.41, 5.74) is 0. The van der Waals surface area contributed by atoms with Crippen LogP contribution in [0.15, 0.2) is 0 Å². The summed E-state index contributed by atoms with van der Waals surface area (Å²) >= 11 is 0.784. The van der Waals surface area contributed by atoms with Gasteiger partial charge in [-0.2, -0.15) is 0 Å². The molecule has 8 heavy (non-hydrogen) atoms. The summed E-state index contributed by atoms with van der Waals surface area (Å²) in [5.74, 6) is 0. The molecule has 0 rings (SSSR count). The largest absolute Gasteiger partial charge is 0 e. The van der Waals surface area contributed by atoms with Crippen molar-refractivity contribution in [2.75, 3.05) is 0 Å². The minimum atomic E-state index is -3.63. The summed E-state index contributed by atoms with van der Waals surface area (Å²) in [7, 11) is -2.52. The van der Waals surface area contributed by atoms with Crippen molar-refractivity contribution < 1.29 is 37.9 Å². The zero-order valence-electron chi connectivity index (χ0n) is 3.97. The molecule has 1 N–H and O–H groups in total. The van der Waals surface area contributed by atoms with Crippen molar-refractivity contribution in [3.05, 3.63) is 0 Å². The van der Waals surface area contributed by atoms with Gasteiger partial charge in [0.1, 0.15) is 0 Å². The van der Waals surface area contributed by atoms with E-state index in [0.717, 1.165) is 30.8 Å². The first kappa shape index (κ1) is 12.3. The van der Waals surface area contributed by atoms with Crippen LogP contribution in [0.3, 0.4) is 0 Å². The van der Waals surface area contributed by atoms with Crippen LogP contribution in [0, 0.1) is 0 Å². The number of phosphoric acid groups is 1. The second-order valence-corrected chi connectivity index (χ2v) is 3.60. The van der Waals surface area contributed by atoms with Gasteiger partial charge in [-0.3, -0.25) is 0 Å². The molecule has 4 nitrogen and oxygen atoms in total. The van der Waals surface area contributed by atoms with Gasteiger partial charge in [-0.1, -0.05) is 0 Å². The zero-order valence-corrected chi connectivity index (χ0v) is 10.4. The fourth-order valence-corrected chi connectivity index (χ4v) is 0.671. The van der Waals surface area contributed by atoms with Crippen molar-refractivity contribution in [3.8, 4) is 0 Å². The van der Waals surface area contributed by atoms with Crippen LogP contribution in [0.25, 0.3) is 0 Å². The molecule has 0 aromatic heterocycles. The summed E-state index contributed by atoms with van der Waals surface area (Å²) < 4.78 is 18.1. The molecular weight excluding hydrogens is 417 g/mol. The van der Waals surface area contributed by atoms with Crippen LogP contribution in [-0.2, 0) is 33.0 Å². The SMILES string of the molecule is BOP(=O)(O)O[TeH].[W]. The molecule has 0 aromatic rings. The minimum Gasteiger partial charge on any atom is 0 e. The zero-order chi connectivity index (χ0) is 5.91. The first-order chi connectivity index (χ1) is 3.12. The molecule has 0 heterocycles. The van der Waals surface area contributed by atoms with Crippen LogP contribution in [0.2, 0.25) is 0 Å². The Hall–Kier alpha value is 1.65. The van der Waals surface area contributed by atoms with Crippen molar-refractivity contribution >= 4 is 38.6 Å². The summed E-state index contributed by atoms with van der Waals surface area (Å²) in [6, 6.07) is 0. The molecule has 0 aliphatic rings. The second-order valence-electron chi connectivity index (χ2n) is 0.733. The molecule has 0 amide bonds. The fourth-order valence-electron chi connectivity index (χ4n) is 0.0333. The number of rotatable bonds is 2. The maximum Gasteiger partial charge on any atom is 0 e. The second kappa shape index (κ2) is 5.44. The Morgan fingerprint density at radius 2 is 2.12 bits per heavy atom. The maximum atomic E-state index is 10.1. The first-order valence-corrected chi connectivity index (χ1v) is 3.88. The molecule has 0 saturated heterocycles. The summed E-state index contributed by atoms with van der Waals surface area (Å²) in [4.78, 5) is 8.26. The Morgan fingerprint density at radius 1 is 1.75 bits per heavy atom. The van der Waals surface area contributed by atoms with Gasteiger partial charge in [0.15, 0.2) is 0 Å². The van der Waals surface area contributed by atoms with E-state index in [1.165, 1.54) is 0 Å². The molecule has 8 heteroatoms. The van der Waals surface area contributed by atoms with Crippen molar-refractivity contribution in [1.82, 2.24) is 0 Å². The summed E-state index contributed by atoms with van der Waals surface area (Å²) in [6.07, 6.45) is 0. The monoisotopic (exact) mass is 424 g/mol. The predicted molar refractivity (Wildman–Crippen MR) is 27.7 cm³/mol. The summed E-state index contributed by atoms with van der Waals surface area (Å²) in [6.45, 7) is 0. The third-order valence-corrected chi connectivity index (χ3v) is 2.77. The van der Waals surface area contributed by atoms with Crippen LogP contribution in [0.5, 0.6) is 0 Å². The van der Waals surface area contributed by atoms with Gasteiger partial charge in [-0.15, -0.1) is 0 Å². The van der Waals surface area contributed by atoms with E-state index in [1.54, 1.807) is 0 Å². The normalized spacial score (nSPS) is 16.2. The van der Waals surface area contributed by atoms with Gasteiger partial charge in [0, 0.05) is 21.1 Å². The van der Waals surface area contributed by atoms with Gasteiger partial charge in [0.2, 0.25) is 0 Å². The third-order valence-electron chi connectivity index (χ3n) is 0.334. The van der Waals surface area contributed by atoms with Crippen LogP contribution >= 0.6 is 7.82 Å². The minimum absolute atomic E-state index is 0. The molecule has 1 atom stereocenters. The van der Waals surface area contributed by atoms with E-state index < -0.39 is 7.82 Å². The Labute approximate surface area is 76.1 Å². The van der Waals surface area contributed by atoms with E-state index in [0.29, 0.717) is 0 Å². The fraction of sp³-hybridized carbons (Fsp3) is 0.